The topological polar surface area (TPSA) is 82.1 Å². The molecule has 19 heavy (non-hydrogen) atoms. The first-order valence-electron chi connectivity index (χ1n) is 5.97. The molecule has 0 saturated heterocycles. The summed E-state index contributed by atoms with van der Waals surface area (Å²) in [5.41, 5.74) is 0.255. The molecule has 6 nitrogen and oxygen atoms in total. The van der Waals surface area contributed by atoms with Crippen molar-refractivity contribution in [3.8, 4) is 0 Å². The van der Waals surface area contributed by atoms with E-state index in [0.717, 1.165) is 6.42 Å². The van der Waals surface area contributed by atoms with Crippen LogP contribution in [0.4, 0.5) is 0 Å². The summed E-state index contributed by atoms with van der Waals surface area (Å²) in [5.74, 6) is -1.73. The lowest BCUT2D eigenvalue weighted by Gasteiger charge is -2.10. The molecule has 0 radical (unpaired) electrons. The molecule has 0 heterocycles. The molecule has 0 aliphatic carbocycles. The monoisotopic (exact) mass is 268 g/mol. The Bertz CT molecular complexity index is 403. The Kier molecular flexibility index (Phi) is 6.56. The van der Waals surface area contributed by atoms with E-state index < -0.39 is 18.0 Å². The van der Waals surface area contributed by atoms with E-state index in [1.807, 2.05) is 6.92 Å². The van der Waals surface area contributed by atoms with E-state index >= 15 is 0 Å². The second-order valence-electron chi connectivity index (χ2n) is 3.88. The minimum Gasteiger partial charge on any atom is -0.251 e. The quantitative estimate of drug-likeness (QED) is 0.630. The number of carbonyl (C=O) groups is 2. The standard InChI is InChI=1S/C13H16O6/c1-2-3-9-11(17-16)13(15)19-18-12(14)10-7-5-4-6-8-10/h4-8,11,16H,2-3,9H2,1H3. The van der Waals surface area contributed by atoms with Gasteiger partial charge >= 0.3 is 11.9 Å². The van der Waals surface area contributed by atoms with Gasteiger partial charge in [0.05, 0.1) is 5.56 Å². The van der Waals surface area contributed by atoms with E-state index in [1.165, 1.54) is 12.1 Å². The van der Waals surface area contributed by atoms with Crippen molar-refractivity contribution in [2.75, 3.05) is 0 Å². The minimum atomic E-state index is -1.15. The zero-order chi connectivity index (χ0) is 14.1. The number of carbonyl (C=O) groups excluding carboxylic acids is 2. The Labute approximate surface area is 110 Å². The van der Waals surface area contributed by atoms with Gasteiger partial charge in [-0.15, -0.1) is 0 Å². The van der Waals surface area contributed by atoms with Crippen molar-refractivity contribution in [2.45, 2.75) is 32.3 Å². The van der Waals surface area contributed by atoms with Crippen LogP contribution >= 0.6 is 0 Å². The third kappa shape index (κ3) is 5.07. The fourth-order valence-electron chi connectivity index (χ4n) is 1.36. The Balaban J connectivity index is 2.43. The van der Waals surface area contributed by atoms with E-state index in [4.69, 9.17) is 5.26 Å². The predicted molar refractivity (Wildman–Crippen MR) is 65.0 cm³/mol. The van der Waals surface area contributed by atoms with Crippen molar-refractivity contribution < 1.29 is 29.5 Å². The second kappa shape index (κ2) is 8.23. The van der Waals surface area contributed by atoms with Crippen molar-refractivity contribution in [1.82, 2.24) is 0 Å². The van der Waals surface area contributed by atoms with Crippen LogP contribution in [0.5, 0.6) is 0 Å². The number of hydrogen-bond acceptors (Lipinski definition) is 6. The van der Waals surface area contributed by atoms with Crippen LogP contribution in [0, 0.1) is 0 Å². The van der Waals surface area contributed by atoms with E-state index in [-0.39, 0.29) is 12.0 Å². The Morgan fingerprint density at radius 3 is 2.47 bits per heavy atom. The number of benzene rings is 1. The molecule has 104 valence electrons. The molecule has 0 aliphatic heterocycles. The highest BCUT2D eigenvalue weighted by Gasteiger charge is 2.23. The van der Waals surface area contributed by atoms with Gasteiger partial charge in [-0.3, -0.25) is 5.26 Å². The molecule has 6 heteroatoms. The predicted octanol–water partition coefficient (Wildman–Crippen LogP) is 2.35. The zero-order valence-corrected chi connectivity index (χ0v) is 10.6. The van der Waals surface area contributed by atoms with Crippen molar-refractivity contribution >= 4 is 11.9 Å². The fourth-order valence-corrected chi connectivity index (χ4v) is 1.36. The highest BCUT2D eigenvalue weighted by molar-refractivity contribution is 5.89. The van der Waals surface area contributed by atoms with Gasteiger partial charge in [-0.05, 0) is 18.6 Å². The maximum Gasteiger partial charge on any atom is 0.387 e. The summed E-state index contributed by atoms with van der Waals surface area (Å²) in [6.07, 6.45) is 0.641. The summed E-state index contributed by atoms with van der Waals surface area (Å²) in [6, 6.07) is 8.09. The van der Waals surface area contributed by atoms with Crippen molar-refractivity contribution in [1.29, 1.82) is 0 Å². The Hall–Kier alpha value is -1.92. The molecule has 0 fully saturated rings. The summed E-state index contributed by atoms with van der Waals surface area (Å²) < 4.78 is 0. The van der Waals surface area contributed by atoms with Gasteiger partial charge in [0, 0.05) is 0 Å². The minimum absolute atomic E-state index is 0.255. The molecule has 0 bridgehead atoms. The summed E-state index contributed by atoms with van der Waals surface area (Å²) in [6.45, 7) is 1.93. The van der Waals surface area contributed by atoms with Gasteiger partial charge in [-0.2, -0.15) is 0 Å². The van der Waals surface area contributed by atoms with Crippen LogP contribution in [0.15, 0.2) is 30.3 Å². The molecule has 0 aliphatic rings. The van der Waals surface area contributed by atoms with Gasteiger partial charge < -0.3 is 0 Å². The van der Waals surface area contributed by atoms with E-state index in [1.54, 1.807) is 18.2 Å². The van der Waals surface area contributed by atoms with Gasteiger partial charge in [0.1, 0.15) is 0 Å². The number of hydrogen-bond donors (Lipinski definition) is 1. The molecule has 1 unspecified atom stereocenters. The summed E-state index contributed by atoms with van der Waals surface area (Å²) >= 11 is 0. The molecule has 0 amide bonds. The van der Waals surface area contributed by atoms with Gasteiger partial charge in [0.2, 0.25) is 0 Å². The van der Waals surface area contributed by atoms with Crippen LogP contribution in [-0.4, -0.2) is 23.3 Å². The number of rotatable bonds is 6. The first-order chi connectivity index (χ1) is 9.19. The molecule has 1 atom stereocenters. The van der Waals surface area contributed by atoms with Gasteiger partial charge in [-0.1, -0.05) is 38.0 Å². The summed E-state index contributed by atoms with van der Waals surface area (Å²) in [4.78, 5) is 35.6. The maximum absolute atomic E-state index is 11.5. The lowest BCUT2D eigenvalue weighted by atomic mass is 10.2. The normalized spacial score (nSPS) is 11.7. The Morgan fingerprint density at radius 2 is 1.89 bits per heavy atom. The third-order valence-corrected chi connectivity index (χ3v) is 2.42. The molecule has 1 aromatic carbocycles. The van der Waals surface area contributed by atoms with Gasteiger partial charge in [0.25, 0.3) is 0 Å². The molecule has 0 saturated carbocycles. The van der Waals surface area contributed by atoms with Gasteiger partial charge in [0.15, 0.2) is 6.10 Å². The SMILES string of the molecule is CCCCC(OO)C(=O)OOC(=O)c1ccccc1. The molecule has 1 aromatic rings. The molecular formula is C13H16O6. The van der Waals surface area contributed by atoms with Crippen molar-refractivity contribution in [2.24, 2.45) is 0 Å². The number of unbranched alkanes of at least 4 members (excludes halogenated alkanes) is 1. The smallest absolute Gasteiger partial charge is 0.251 e. The van der Waals surface area contributed by atoms with Crippen LogP contribution < -0.4 is 0 Å². The summed E-state index contributed by atoms with van der Waals surface area (Å²) in [7, 11) is 0. The van der Waals surface area contributed by atoms with Crippen molar-refractivity contribution in [3.63, 3.8) is 0 Å². The van der Waals surface area contributed by atoms with Crippen LogP contribution in [-0.2, 0) is 19.5 Å². The van der Waals surface area contributed by atoms with E-state index in [0.29, 0.717) is 6.42 Å². The first kappa shape index (κ1) is 15.1. The highest BCUT2D eigenvalue weighted by atomic mass is 17.2. The Morgan fingerprint density at radius 1 is 1.21 bits per heavy atom. The molecule has 0 aromatic heterocycles. The zero-order valence-electron chi connectivity index (χ0n) is 10.6. The second-order valence-corrected chi connectivity index (χ2v) is 3.88. The van der Waals surface area contributed by atoms with Crippen LogP contribution in [0.1, 0.15) is 36.5 Å². The first-order valence-corrected chi connectivity index (χ1v) is 5.97. The largest absolute Gasteiger partial charge is 0.387 e. The van der Waals surface area contributed by atoms with E-state index in [9.17, 15) is 9.59 Å². The molecule has 1 N–H and O–H groups in total. The summed E-state index contributed by atoms with van der Waals surface area (Å²) in [5, 5.41) is 8.56. The maximum atomic E-state index is 11.5. The fraction of sp³-hybridized carbons (Fsp3) is 0.385. The molecule has 1 rings (SSSR count). The van der Waals surface area contributed by atoms with Crippen LogP contribution in [0.25, 0.3) is 0 Å². The van der Waals surface area contributed by atoms with Gasteiger partial charge in [-0.25, -0.2) is 24.3 Å². The third-order valence-electron chi connectivity index (χ3n) is 2.42. The molecular weight excluding hydrogens is 252 g/mol. The van der Waals surface area contributed by atoms with E-state index in [2.05, 4.69) is 14.7 Å². The lowest BCUT2D eigenvalue weighted by molar-refractivity contribution is -0.300. The average Bonchev–Trinajstić information content (AvgIpc) is 2.46. The molecule has 0 spiro atoms. The highest BCUT2D eigenvalue weighted by Crippen LogP contribution is 2.07. The lowest BCUT2D eigenvalue weighted by Crippen LogP contribution is -2.26. The van der Waals surface area contributed by atoms with Crippen LogP contribution in [0.3, 0.4) is 0 Å². The average molecular weight is 268 g/mol. The van der Waals surface area contributed by atoms with Crippen LogP contribution in [0.2, 0.25) is 0 Å². The van der Waals surface area contributed by atoms with Crippen molar-refractivity contribution in [3.05, 3.63) is 35.9 Å².